The lowest BCUT2D eigenvalue weighted by Gasteiger charge is -2.23. The van der Waals surface area contributed by atoms with E-state index in [9.17, 15) is 4.79 Å². The highest BCUT2D eigenvalue weighted by atomic mass is 16.2. The Kier molecular flexibility index (Phi) is 2.27. The first-order valence-electron chi connectivity index (χ1n) is 5.15. The molecule has 1 aliphatic heterocycles. The largest absolute Gasteiger partial charge is 0.347 e. The summed E-state index contributed by atoms with van der Waals surface area (Å²) >= 11 is 0. The average molecular weight is 204 g/mol. The molecule has 1 heterocycles. The van der Waals surface area contributed by atoms with Crippen molar-refractivity contribution < 1.29 is 4.79 Å². The second-order valence-electron chi connectivity index (χ2n) is 4.61. The summed E-state index contributed by atoms with van der Waals surface area (Å²) in [6, 6.07) is 9.62. The number of benzene rings is 1. The van der Waals surface area contributed by atoms with Gasteiger partial charge in [0, 0.05) is 6.04 Å². The minimum absolute atomic E-state index is 0.0313. The molecule has 2 rings (SSSR count). The molecule has 3 nitrogen and oxygen atoms in total. The maximum Gasteiger partial charge on any atom is 0.227 e. The van der Waals surface area contributed by atoms with Gasteiger partial charge < -0.3 is 11.1 Å². The van der Waals surface area contributed by atoms with Gasteiger partial charge >= 0.3 is 0 Å². The zero-order chi connectivity index (χ0) is 11.1. The van der Waals surface area contributed by atoms with E-state index in [-0.39, 0.29) is 18.0 Å². The van der Waals surface area contributed by atoms with E-state index in [0.717, 1.165) is 5.56 Å². The van der Waals surface area contributed by atoms with E-state index in [1.165, 1.54) is 0 Å². The summed E-state index contributed by atoms with van der Waals surface area (Å²) < 4.78 is 0. The summed E-state index contributed by atoms with van der Waals surface area (Å²) in [6.07, 6.45) is 0. The van der Waals surface area contributed by atoms with E-state index < -0.39 is 5.41 Å². The number of nitrogens with two attached hydrogens (primary N) is 1. The third-order valence-corrected chi connectivity index (χ3v) is 3.22. The minimum atomic E-state index is -0.486. The van der Waals surface area contributed by atoms with E-state index in [4.69, 9.17) is 5.73 Å². The smallest absolute Gasteiger partial charge is 0.227 e. The molecule has 0 spiro atoms. The summed E-state index contributed by atoms with van der Waals surface area (Å²) in [6.45, 7) is 3.77. The van der Waals surface area contributed by atoms with Crippen LogP contribution >= 0.6 is 0 Å². The quantitative estimate of drug-likeness (QED) is 0.722. The van der Waals surface area contributed by atoms with Crippen LogP contribution in [-0.4, -0.2) is 11.9 Å². The second kappa shape index (κ2) is 3.35. The molecule has 1 fully saturated rings. The summed E-state index contributed by atoms with van der Waals surface area (Å²) in [7, 11) is 0. The maximum atomic E-state index is 11.7. The lowest BCUT2D eigenvalue weighted by molar-refractivity contribution is -0.126. The topological polar surface area (TPSA) is 55.1 Å². The molecule has 15 heavy (non-hydrogen) atoms. The predicted molar refractivity (Wildman–Crippen MR) is 59.1 cm³/mol. The number of carbonyl (C=O) groups excluding carboxylic acids is 1. The second-order valence-corrected chi connectivity index (χ2v) is 4.61. The Hall–Kier alpha value is -1.35. The highest BCUT2D eigenvalue weighted by molar-refractivity contribution is 5.86. The highest BCUT2D eigenvalue weighted by Crippen LogP contribution is 2.35. The Morgan fingerprint density at radius 3 is 2.33 bits per heavy atom. The standard InChI is InChI=1S/C12H16N2O/c1-12(2)10(13)9(14-11(12)15)8-6-4-3-5-7-8/h3-7,9-10H,13H2,1-2H3,(H,14,15)/t9-,10-/m0/s1. The van der Waals surface area contributed by atoms with Crippen molar-refractivity contribution in [2.24, 2.45) is 11.1 Å². The number of hydrogen-bond donors (Lipinski definition) is 2. The molecule has 0 unspecified atom stereocenters. The van der Waals surface area contributed by atoms with Gasteiger partial charge in [-0.05, 0) is 19.4 Å². The van der Waals surface area contributed by atoms with Crippen molar-refractivity contribution in [2.45, 2.75) is 25.9 Å². The third kappa shape index (κ3) is 1.53. The fourth-order valence-electron chi connectivity index (χ4n) is 1.94. The van der Waals surface area contributed by atoms with Crippen LogP contribution in [0, 0.1) is 5.41 Å². The van der Waals surface area contributed by atoms with Crippen molar-refractivity contribution in [1.82, 2.24) is 5.32 Å². The molecule has 1 aromatic rings. The van der Waals surface area contributed by atoms with Crippen molar-refractivity contribution in [2.75, 3.05) is 0 Å². The number of nitrogens with one attached hydrogen (secondary N) is 1. The van der Waals surface area contributed by atoms with Gasteiger partial charge in [0.25, 0.3) is 0 Å². The van der Waals surface area contributed by atoms with Crippen LogP contribution in [0.4, 0.5) is 0 Å². The Balaban J connectivity index is 2.32. The Morgan fingerprint density at radius 1 is 1.27 bits per heavy atom. The van der Waals surface area contributed by atoms with Gasteiger partial charge in [-0.15, -0.1) is 0 Å². The van der Waals surface area contributed by atoms with Gasteiger partial charge in [0.15, 0.2) is 0 Å². The molecule has 80 valence electrons. The van der Waals surface area contributed by atoms with E-state index >= 15 is 0 Å². The zero-order valence-electron chi connectivity index (χ0n) is 9.03. The molecule has 0 aromatic heterocycles. The Bertz CT molecular complexity index is 372. The monoisotopic (exact) mass is 204 g/mol. The van der Waals surface area contributed by atoms with Crippen molar-refractivity contribution in [3.8, 4) is 0 Å². The SMILES string of the molecule is CC1(C)C(=O)N[C@@H](c2ccccc2)[C@@H]1N. The average Bonchev–Trinajstić information content (AvgIpc) is 2.44. The molecule has 1 aliphatic rings. The van der Waals surface area contributed by atoms with E-state index in [2.05, 4.69) is 5.32 Å². The van der Waals surface area contributed by atoms with E-state index in [1.54, 1.807) is 0 Å². The molecule has 1 aromatic carbocycles. The number of rotatable bonds is 1. The van der Waals surface area contributed by atoms with Gasteiger partial charge in [-0.2, -0.15) is 0 Å². The Labute approximate surface area is 89.7 Å². The van der Waals surface area contributed by atoms with Crippen molar-refractivity contribution in [3.05, 3.63) is 35.9 Å². The number of carbonyl (C=O) groups is 1. The molecule has 0 aliphatic carbocycles. The summed E-state index contributed by atoms with van der Waals surface area (Å²) in [5.41, 5.74) is 6.68. The van der Waals surface area contributed by atoms with Crippen LogP contribution in [0.2, 0.25) is 0 Å². The van der Waals surface area contributed by atoms with Gasteiger partial charge in [0.1, 0.15) is 0 Å². The van der Waals surface area contributed by atoms with Crippen LogP contribution in [0.25, 0.3) is 0 Å². The third-order valence-electron chi connectivity index (χ3n) is 3.22. The predicted octanol–water partition coefficient (Wildman–Crippen LogP) is 1.21. The molecule has 0 radical (unpaired) electrons. The molecule has 1 saturated heterocycles. The molecule has 2 atom stereocenters. The minimum Gasteiger partial charge on any atom is -0.347 e. The summed E-state index contributed by atoms with van der Waals surface area (Å²) in [5, 5.41) is 2.95. The molecular formula is C12H16N2O. The first kappa shape index (κ1) is 10.2. The van der Waals surface area contributed by atoms with Gasteiger partial charge in [-0.1, -0.05) is 30.3 Å². The van der Waals surface area contributed by atoms with Crippen LogP contribution in [0.3, 0.4) is 0 Å². The maximum absolute atomic E-state index is 11.7. The normalized spacial score (nSPS) is 28.9. The van der Waals surface area contributed by atoms with E-state index in [1.807, 2.05) is 44.2 Å². The first-order valence-corrected chi connectivity index (χ1v) is 5.15. The highest BCUT2D eigenvalue weighted by Gasteiger charge is 2.46. The summed E-state index contributed by atoms with van der Waals surface area (Å²) in [4.78, 5) is 11.7. The molecule has 3 N–H and O–H groups in total. The molecule has 1 amide bonds. The van der Waals surface area contributed by atoms with Gasteiger partial charge in [0.05, 0.1) is 11.5 Å². The van der Waals surface area contributed by atoms with Gasteiger partial charge in [0.2, 0.25) is 5.91 Å². The van der Waals surface area contributed by atoms with Crippen molar-refractivity contribution in [3.63, 3.8) is 0 Å². The van der Waals surface area contributed by atoms with Gasteiger partial charge in [-0.25, -0.2) is 0 Å². The first-order chi connectivity index (χ1) is 7.03. The fraction of sp³-hybridized carbons (Fsp3) is 0.417. The van der Waals surface area contributed by atoms with Crippen LogP contribution < -0.4 is 11.1 Å². The zero-order valence-corrected chi connectivity index (χ0v) is 9.03. The van der Waals surface area contributed by atoms with Gasteiger partial charge in [-0.3, -0.25) is 4.79 Å². The summed E-state index contributed by atoms with van der Waals surface area (Å²) in [5.74, 6) is 0.0313. The van der Waals surface area contributed by atoms with Crippen LogP contribution in [0.5, 0.6) is 0 Å². The van der Waals surface area contributed by atoms with Crippen LogP contribution in [0.15, 0.2) is 30.3 Å². The Morgan fingerprint density at radius 2 is 1.87 bits per heavy atom. The molecule has 0 bridgehead atoms. The lowest BCUT2D eigenvalue weighted by Crippen LogP contribution is -2.38. The number of hydrogen-bond acceptors (Lipinski definition) is 2. The molecular weight excluding hydrogens is 188 g/mol. The van der Waals surface area contributed by atoms with E-state index in [0.29, 0.717) is 0 Å². The molecule has 0 saturated carbocycles. The lowest BCUT2D eigenvalue weighted by atomic mass is 9.83. The number of amides is 1. The fourth-order valence-corrected chi connectivity index (χ4v) is 1.94. The van der Waals surface area contributed by atoms with Crippen molar-refractivity contribution >= 4 is 5.91 Å². The van der Waals surface area contributed by atoms with Crippen LogP contribution in [0.1, 0.15) is 25.5 Å². The van der Waals surface area contributed by atoms with Crippen molar-refractivity contribution in [1.29, 1.82) is 0 Å². The van der Waals surface area contributed by atoms with Crippen LogP contribution in [-0.2, 0) is 4.79 Å². The molecule has 3 heteroatoms.